The van der Waals surface area contributed by atoms with E-state index in [0.717, 1.165) is 25.3 Å². The molecule has 0 aliphatic heterocycles. The Hall–Kier alpha value is -0.530. The largest absolute Gasteiger partial charge is 0.357 e. The Bertz CT molecular complexity index is 325. The number of carbonyl (C=O) groups excluding carboxylic acids is 1. The SMILES string of the molecule is CCNC(=NCCNC(=O)C1CC1)NC1CCCC1.I. The van der Waals surface area contributed by atoms with Gasteiger partial charge in [0.05, 0.1) is 6.54 Å². The molecule has 0 spiro atoms. The van der Waals surface area contributed by atoms with Gasteiger partial charge in [0.25, 0.3) is 0 Å². The molecule has 5 nitrogen and oxygen atoms in total. The summed E-state index contributed by atoms with van der Waals surface area (Å²) in [6.07, 6.45) is 7.22. The molecule has 0 saturated heterocycles. The van der Waals surface area contributed by atoms with Crippen molar-refractivity contribution in [2.24, 2.45) is 10.9 Å². The van der Waals surface area contributed by atoms with Gasteiger partial charge in [0.15, 0.2) is 5.96 Å². The predicted molar refractivity (Wildman–Crippen MR) is 92.5 cm³/mol. The van der Waals surface area contributed by atoms with Gasteiger partial charge in [-0.3, -0.25) is 9.79 Å². The molecule has 2 saturated carbocycles. The second-order valence-corrected chi connectivity index (χ2v) is 5.45. The van der Waals surface area contributed by atoms with Crippen LogP contribution in [0, 0.1) is 5.92 Å². The van der Waals surface area contributed by atoms with Crippen LogP contribution in [0.15, 0.2) is 4.99 Å². The van der Waals surface area contributed by atoms with Crippen molar-refractivity contribution in [3.8, 4) is 0 Å². The molecule has 2 aliphatic rings. The summed E-state index contributed by atoms with van der Waals surface area (Å²) in [5.41, 5.74) is 0. The molecule has 0 radical (unpaired) electrons. The van der Waals surface area contributed by atoms with Gasteiger partial charge in [-0.15, -0.1) is 24.0 Å². The number of halogens is 1. The van der Waals surface area contributed by atoms with E-state index in [9.17, 15) is 4.79 Å². The second kappa shape index (κ2) is 9.41. The molecule has 2 rings (SSSR count). The van der Waals surface area contributed by atoms with Gasteiger partial charge in [-0.1, -0.05) is 12.8 Å². The van der Waals surface area contributed by atoms with E-state index in [1.807, 2.05) is 0 Å². The molecule has 116 valence electrons. The normalized spacial score (nSPS) is 19.4. The smallest absolute Gasteiger partial charge is 0.223 e. The summed E-state index contributed by atoms with van der Waals surface area (Å²) in [5.74, 6) is 1.37. The molecular formula is C14H27IN4O. The number of nitrogens with zero attached hydrogens (tertiary/aromatic N) is 1. The van der Waals surface area contributed by atoms with E-state index in [1.165, 1.54) is 25.7 Å². The van der Waals surface area contributed by atoms with Gasteiger partial charge < -0.3 is 16.0 Å². The third-order valence-corrected chi connectivity index (χ3v) is 3.67. The summed E-state index contributed by atoms with van der Waals surface area (Å²) < 4.78 is 0. The fraction of sp³-hybridized carbons (Fsp3) is 0.857. The van der Waals surface area contributed by atoms with Crippen molar-refractivity contribution in [1.29, 1.82) is 0 Å². The Balaban J connectivity index is 0.00000200. The molecule has 0 unspecified atom stereocenters. The van der Waals surface area contributed by atoms with Crippen LogP contribution in [0.5, 0.6) is 0 Å². The van der Waals surface area contributed by atoms with Crippen LogP contribution >= 0.6 is 24.0 Å². The molecule has 2 fully saturated rings. The first-order valence-corrected chi connectivity index (χ1v) is 7.62. The molecule has 0 aromatic rings. The van der Waals surface area contributed by atoms with Crippen LogP contribution in [0.1, 0.15) is 45.4 Å². The zero-order chi connectivity index (χ0) is 13.5. The highest BCUT2D eigenvalue weighted by Gasteiger charge is 2.28. The number of nitrogens with one attached hydrogen (secondary N) is 3. The fourth-order valence-corrected chi connectivity index (χ4v) is 2.42. The Morgan fingerprint density at radius 2 is 1.85 bits per heavy atom. The minimum absolute atomic E-state index is 0. The molecule has 0 bridgehead atoms. The highest BCUT2D eigenvalue weighted by Crippen LogP contribution is 2.28. The minimum atomic E-state index is 0. The first-order valence-electron chi connectivity index (χ1n) is 7.62. The number of hydrogen-bond acceptors (Lipinski definition) is 2. The van der Waals surface area contributed by atoms with E-state index in [1.54, 1.807) is 0 Å². The third kappa shape index (κ3) is 6.28. The van der Waals surface area contributed by atoms with Crippen LogP contribution in [0.3, 0.4) is 0 Å². The quantitative estimate of drug-likeness (QED) is 0.278. The molecule has 2 aliphatic carbocycles. The Labute approximate surface area is 138 Å². The highest BCUT2D eigenvalue weighted by molar-refractivity contribution is 14.0. The van der Waals surface area contributed by atoms with Crippen LogP contribution in [0.25, 0.3) is 0 Å². The van der Waals surface area contributed by atoms with Crippen molar-refractivity contribution < 1.29 is 4.79 Å². The van der Waals surface area contributed by atoms with Gasteiger partial charge in [-0.05, 0) is 32.6 Å². The number of aliphatic imine (C=N–C) groups is 1. The number of carbonyl (C=O) groups is 1. The van der Waals surface area contributed by atoms with Crippen LogP contribution in [0.2, 0.25) is 0 Å². The lowest BCUT2D eigenvalue weighted by Crippen LogP contribution is -2.42. The maximum atomic E-state index is 11.5. The molecular weight excluding hydrogens is 367 g/mol. The van der Waals surface area contributed by atoms with E-state index in [0.29, 0.717) is 19.1 Å². The van der Waals surface area contributed by atoms with Gasteiger partial charge in [0.1, 0.15) is 0 Å². The van der Waals surface area contributed by atoms with Crippen molar-refractivity contribution >= 4 is 35.8 Å². The van der Waals surface area contributed by atoms with Gasteiger partial charge in [-0.2, -0.15) is 0 Å². The summed E-state index contributed by atoms with van der Waals surface area (Å²) in [6, 6.07) is 0.568. The van der Waals surface area contributed by atoms with Crippen molar-refractivity contribution in [3.63, 3.8) is 0 Å². The lowest BCUT2D eigenvalue weighted by atomic mass is 10.2. The van der Waals surface area contributed by atoms with E-state index >= 15 is 0 Å². The van der Waals surface area contributed by atoms with Gasteiger partial charge in [-0.25, -0.2) is 0 Å². The Morgan fingerprint density at radius 3 is 2.45 bits per heavy atom. The highest BCUT2D eigenvalue weighted by atomic mass is 127. The third-order valence-electron chi connectivity index (χ3n) is 3.67. The van der Waals surface area contributed by atoms with Crippen LogP contribution in [-0.2, 0) is 4.79 Å². The first-order chi connectivity index (χ1) is 9.29. The zero-order valence-corrected chi connectivity index (χ0v) is 14.6. The van der Waals surface area contributed by atoms with Crippen molar-refractivity contribution in [2.45, 2.75) is 51.5 Å². The van der Waals surface area contributed by atoms with Gasteiger partial charge in [0.2, 0.25) is 5.91 Å². The zero-order valence-electron chi connectivity index (χ0n) is 12.3. The predicted octanol–water partition coefficient (Wildman–Crippen LogP) is 1.63. The van der Waals surface area contributed by atoms with E-state index in [2.05, 4.69) is 27.9 Å². The van der Waals surface area contributed by atoms with Gasteiger partial charge in [0, 0.05) is 25.0 Å². The molecule has 0 heterocycles. The molecule has 3 N–H and O–H groups in total. The maximum absolute atomic E-state index is 11.5. The molecule has 20 heavy (non-hydrogen) atoms. The molecule has 1 amide bonds. The van der Waals surface area contributed by atoms with E-state index in [-0.39, 0.29) is 35.8 Å². The molecule has 0 aromatic carbocycles. The number of hydrogen-bond donors (Lipinski definition) is 3. The number of amides is 1. The molecule has 6 heteroatoms. The van der Waals surface area contributed by atoms with E-state index in [4.69, 9.17) is 0 Å². The second-order valence-electron chi connectivity index (χ2n) is 5.45. The lowest BCUT2D eigenvalue weighted by Gasteiger charge is -2.16. The van der Waals surface area contributed by atoms with Crippen molar-refractivity contribution in [1.82, 2.24) is 16.0 Å². The van der Waals surface area contributed by atoms with Crippen molar-refractivity contribution in [2.75, 3.05) is 19.6 Å². The topological polar surface area (TPSA) is 65.5 Å². The van der Waals surface area contributed by atoms with Crippen LogP contribution in [0.4, 0.5) is 0 Å². The number of rotatable bonds is 6. The van der Waals surface area contributed by atoms with Crippen LogP contribution in [-0.4, -0.2) is 37.5 Å². The Morgan fingerprint density at radius 1 is 1.15 bits per heavy atom. The first kappa shape index (κ1) is 17.5. The van der Waals surface area contributed by atoms with E-state index < -0.39 is 0 Å². The number of guanidine groups is 1. The van der Waals surface area contributed by atoms with Crippen LogP contribution < -0.4 is 16.0 Å². The molecule has 0 aromatic heterocycles. The van der Waals surface area contributed by atoms with Crippen molar-refractivity contribution in [3.05, 3.63) is 0 Å². The Kier molecular flexibility index (Phi) is 8.25. The summed E-state index contributed by atoms with van der Waals surface area (Å²) >= 11 is 0. The average Bonchev–Trinajstić information content (AvgIpc) is 3.14. The summed E-state index contributed by atoms with van der Waals surface area (Å²) in [5, 5.41) is 9.66. The summed E-state index contributed by atoms with van der Waals surface area (Å²) in [7, 11) is 0. The summed E-state index contributed by atoms with van der Waals surface area (Å²) in [6.45, 7) is 4.21. The standard InChI is InChI=1S/C14H26N4O.HI/c1-2-15-14(18-12-5-3-4-6-12)17-10-9-16-13(19)11-7-8-11;/h11-12H,2-10H2,1H3,(H,16,19)(H2,15,17,18);1H. The minimum Gasteiger partial charge on any atom is -0.357 e. The lowest BCUT2D eigenvalue weighted by molar-refractivity contribution is -0.122. The monoisotopic (exact) mass is 394 g/mol. The average molecular weight is 394 g/mol. The fourth-order valence-electron chi connectivity index (χ4n) is 2.42. The molecule has 0 atom stereocenters. The van der Waals surface area contributed by atoms with Gasteiger partial charge >= 0.3 is 0 Å². The maximum Gasteiger partial charge on any atom is 0.223 e. The summed E-state index contributed by atoms with van der Waals surface area (Å²) in [4.78, 5) is 16.0.